The number of allylic oxidation sites excluding steroid dienone is 1. The molecule has 172 valence electrons. The van der Waals surface area contributed by atoms with E-state index in [2.05, 4.69) is 76.7 Å². The molecule has 2 aromatic heterocycles. The van der Waals surface area contributed by atoms with Crippen molar-refractivity contribution in [2.24, 2.45) is 0 Å². The standard InChI is InChI=1S/C29H23N3O2S/c1-2-25(21-4-3-5-23(16-21)29-30-14-15-35-29)28(22-11-12-26-24(17-22)18-31-32-26)20-9-6-19(7-10-20)8-13-27(33)34/h3-18H,2H2,1H3,(H,31,32)(H,33,34)/b13-8+,28-25+. The minimum Gasteiger partial charge on any atom is -0.478 e. The lowest BCUT2D eigenvalue weighted by Gasteiger charge is -2.17. The molecule has 0 saturated carbocycles. The third-order valence-electron chi connectivity index (χ3n) is 5.89. The van der Waals surface area contributed by atoms with Crippen LogP contribution in [0.1, 0.15) is 35.6 Å². The Labute approximate surface area is 207 Å². The molecule has 2 heterocycles. The number of aliphatic carboxylic acids is 1. The minimum absolute atomic E-state index is 0.834. The Kier molecular flexibility index (Phi) is 6.37. The van der Waals surface area contributed by atoms with E-state index in [1.54, 1.807) is 17.4 Å². The molecule has 2 N–H and O–H groups in total. The van der Waals surface area contributed by atoms with Gasteiger partial charge in [0.1, 0.15) is 5.01 Å². The molecule has 0 spiro atoms. The van der Waals surface area contributed by atoms with E-state index in [1.165, 1.54) is 5.57 Å². The van der Waals surface area contributed by atoms with Gasteiger partial charge in [0, 0.05) is 28.6 Å². The number of hydrogen-bond acceptors (Lipinski definition) is 4. The summed E-state index contributed by atoms with van der Waals surface area (Å²) >= 11 is 1.63. The number of nitrogens with one attached hydrogen (secondary N) is 1. The molecule has 0 unspecified atom stereocenters. The van der Waals surface area contributed by atoms with E-state index >= 15 is 0 Å². The predicted octanol–water partition coefficient (Wildman–Crippen LogP) is 7.15. The number of benzene rings is 3. The van der Waals surface area contributed by atoms with Crippen molar-refractivity contribution in [2.45, 2.75) is 13.3 Å². The Morgan fingerprint density at radius 2 is 1.86 bits per heavy atom. The van der Waals surface area contributed by atoms with Gasteiger partial charge in [-0.1, -0.05) is 55.5 Å². The fourth-order valence-corrected chi connectivity index (χ4v) is 4.91. The van der Waals surface area contributed by atoms with Crippen molar-refractivity contribution >= 4 is 45.4 Å². The molecular formula is C29H23N3O2S. The number of thiazole rings is 1. The number of rotatable bonds is 7. The molecular weight excluding hydrogens is 454 g/mol. The topological polar surface area (TPSA) is 78.9 Å². The summed E-state index contributed by atoms with van der Waals surface area (Å²) in [5.74, 6) is -0.962. The van der Waals surface area contributed by atoms with Gasteiger partial charge < -0.3 is 5.11 Å². The molecule has 0 saturated heterocycles. The zero-order chi connectivity index (χ0) is 24.2. The van der Waals surface area contributed by atoms with Crippen molar-refractivity contribution < 1.29 is 9.90 Å². The van der Waals surface area contributed by atoms with Crippen molar-refractivity contribution in [2.75, 3.05) is 0 Å². The second kappa shape index (κ2) is 9.91. The van der Waals surface area contributed by atoms with Crippen LogP contribution in [0.3, 0.4) is 0 Å². The number of aromatic nitrogens is 3. The molecule has 35 heavy (non-hydrogen) atoms. The smallest absolute Gasteiger partial charge is 0.328 e. The van der Waals surface area contributed by atoms with E-state index in [1.807, 2.05) is 29.9 Å². The van der Waals surface area contributed by atoms with Gasteiger partial charge >= 0.3 is 5.97 Å². The molecule has 0 aliphatic heterocycles. The van der Waals surface area contributed by atoms with Gasteiger partial charge in [-0.25, -0.2) is 9.78 Å². The second-order valence-corrected chi connectivity index (χ2v) is 8.99. The third-order valence-corrected chi connectivity index (χ3v) is 6.71. The maximum Gasteiger partial charge on any atom is 0.328 e. The third kappa shape index (κ3) is 4.83. The number of H-pyrrole nitrogens is 1. The SMILES string of the molecule is CC/C(=C(/c1ccc(/C=C/C(=O)O)cc1)c1ccc2[nH]ncc2c1)c1cccc(-c2nccs2)c1. The molecule has 5 nitrogen and oxygen atoms in total. The highest BCUT2D eigenvalue weighted by molar-refractivity contribution is 7.13. The van der Waals surface area contributed by atoms with Crippen molar-refractivity contribution in [1.82, 2.24) is 15.2 Å². The van der Waals surface area contributed by atoms with Crippen molar-refractivity contribution in [3.63, 3.8) is 0 Å². The van der Waals surface area contributed by atoms with Crippen LogP contribution in [-0.4, -0.2) is 26.3 Å². The monoisotopic (exact) mass is 477 g/mol. The van der Waals surface area contributed by atoms with Gasteiger partial charge in [-0.2, -0.15) is 5.10 Å². The van der Waals surface area contributed by atoms with Crippen LogP contribution in [0.4, 0.5) is 0 Å². The lowest BCUT2D eigenvalue weighted by molar-refractivity contribution is -0.131. The summed E-state index contributed by atoms with van der Waals surface area (Å²) in [5.41, 5.74) is 8.61. The van der Waals surface area contributed by atoms with Gasteiger partial charge in [-0.15, -0.1) is 11.3 Å². The molecule has 3 aromatic carbocycles. The first-order valence-electron chi connectivity index (χ1n) is 11.3. The summed E-state index contributed by atoms with van der Waals surface area (Å²) in [5, 5.41) is 20.2. The maximum atomic E-state index is 10.9. The highest BCUT2D eigenvalue weighted by Gasteiger charge is 2.15. The Hall–Kier alpha value is -4.29. The van der Waals surface area contributed by atoms with Gasteiger partial charge in [0.05, 0.1) is 11.7 Å². The number of carboxylic acid groups (broad SMARTS) is 1. The summed E-state index contributed by atoms with van der Waals surface area (Å²) in [6.45, 7) is 2.17. The lowest BCUT2D eigenvalue weighted by Crippen LogP contribution is -1.96. The van der Waals surface area contributed by atoms with E-state index in [0.29, 0.717) is 0 Å². The Morgan fingerprint density at radius 1 is 1.03 bits per heavy atom. The van der Waals surface area contributed by atoms with Gasteiger partial charge in [0.2, 0.25) is 0 Å². The molecule has 0 aliphatic carbocycles. The lowest BCUT2D eigenvalue weighted by atomic mass is 9.87. The predicted molar refractivity (Wildman–Crippen MR) is 143 cm³/mol. The maximum absolute atomic E-state index is 10.9. The van der Waals surface area contributed by atoms with Crippen molar-refractivity contribution in [3.8, 4) is 10.6 Å². The molecule has 0 atom stereocenters. The van der Waals surface area contributed by atoms with Crippen LogP contribution in [0.15, 0.2) is 90.6 Å². The first-order chi connectivity index (χ1) is 17.1. The van der Waals surface area contributed by atoms with Crippen LogP contribution < -0.4 is 0 Å². The summed E-state index contributed by atoms with van der Waals surface area (Å²) in [7, 11) is 0. The van der Waals surface area contributed by atoms with Crippen LogP contribution in [0.25, 0.3) is 38.7 Å². The highest BCUT2D eigenvalue weighted by atomic mass is 32.1. The molecule has 0 amide bonds. The van der Waals surface area contributed by atoms with Crippen LogP contribution >= 0.6 is 11.3 Å². The van der Waals surface area contributed by atoms with Gasteiger partial charge in [-0.05, 0) is 64.1 Å². The first-order valence-corrected chi connectivity index (χ1v) is 12.2. The summed E-state index contributed by atoms with van der Waals surface area (Å²) < 4.78 is 0. The number of hydrogen-bond donors (Lipinski definition) is 2. The van der Waals surface area contributed by atoms with Gasteiger partial charge in [-0.3, -0.25) is 5.10 Å². The quantitative estimate of drug-likeness (QED) is 0.193. The summed E-state index contributed by atoms with van der Waals surface area (Å²) in [4.78, 5) is 15.4. The van der Waals surface area contributed by atoms with E-state index in [9.17, 15) is 4.79 Å². The highest BCUT2D eigenvalue weighted by Crippen LogP contribution is 2.37. The van der Waals surface area contributed by atoms with Gasteiger partial charge in [0.25, 0.3) is 0 Å². The van der Waals surface area contributed by atoms with E-state index in [-0.39, 0.29) is 0 Å². The zero-order valence-corrected chi connectivity index (χ0v) is 19.9. The normalized spacial score (nSPS) is 12.3. The molecule has 6 heteroatoms. The van der Waals surface area contributed by atoms with E-state index in [4.69, 9.17) is 5.11 Å². The fourth-order valence-electron chi connectivity index (χ4n) is 4.27. The summed E-state index contributed by atoms with van der Waals surface area (Å²) in [6.07, 6.45) is 7.26. The van der Waals surface area contributed by atoms with Crippen molar-refractivity contribution in [1.29, 1.82) is 0 Å². The summed E-state index contributed by atoms with van der Waals surface area (Å²) in [6, 6.07) is 22.9. The number of fused-ring (bicyclic) bond motifs is 1. The number of nitrogens with zero attached hydrogens (tertiary/aromatic N) is 2. The average Bonchev–Trinajstić information content (AvgIpc) is 3.58. The van der Waals surface area contributed by atoms with Crippen LogP contribution in [-0.2, 0) is 4.79 Å². The second-order valence-electron chi connectivity index (χ2n) is 8.09. The molecule has 0 fully saturated rings. The first kappa shape index (κ1) is 22.5. The Morgan fingerprint density at radius 3 is 2.60 bits per heavy atom. The fraction of sp³-hybridized carbons (Fsp3) is 0.0690. The van der Waals surface area contributed by atoms with Gasteiger partial charge in [0.15, 0.2) is 0 Å². The average molecular weight is 478 g/mol. The largest absolute Gasteiger partial charge is 0.478 e. The molecule has 0 aliphatic rings. The van der Waals surface area contributed by atoms with Crippen LogP contribution in [0.2, 0.25) is 0 Å². The molecule has 5 aromatic rings. The number of aromatic amines is 1. The van der Waals surface area contributed by atoms with E-state index < -0.39 is 5.97 Å². The molecule has 5 rings (SSSR count). The van der Waals surface area contributed by atoms with Crippen LogP contribution in [0.5, 0.6) is 0 Å². The minimum atomic E-state index is -0.962. The van der Waals surface area contributed by atoms with E-state index in [0.717, 1.165) is 61.8 Å². The number of carboxylic acids is 1. The van der Waals surface area contributed by atoms with Crippen LogP contribution in [0, 0.1) is 0 Å². The molecule has 0 radical (unpaired) electrons. The molecule has 0 bridgehead atoms. The van der Waals surface area contributed by atoms with Crippen molar-refractivity contribution in [3.05, 3.63) is 113 Å². The Bertz CT molecular complexity index is 1540. The zero-order valence-electron chi connectivity index (χ0n) is 19.1. The number of carbonyl (C=O) groups is 1. The Balaban J connectivity index is 1.69.